The number of amides is 1. The number of anilines is 1. The molecule has 0 aliphatic rings. The van der Waals surface area contributed by atoms with Crippen LogP contribution in [-0.2, 0) is 0 Å². The SMILES string of the molecule is O=C(Nc1cc(Cl)ncn1)c1cccc(F)c1. The third-order valence-electron chi connectivity index (χ3n) is 1.96. The molecular formula is C11H7ClFN3O. The number of carbonyl (C=O) groups excluding carboxylic acids is 1. The summed E-state index contributed by atoms with van der Waals surface area (Å²) in [6.07, 6.45) is 1.23. The van der Waals surface area contributed by atoms with Gasteiger partial charge in [0.1, 0.15) is 23.1 Å². The van der Waals surface area contributed by atoms with E-state index in [2.05, 4.69) is 15.3 Å². The number of hydrogen-bond acceptors (Lipinski definition) is 3. The van der Waals surface area contributed by atoms with E-state index < -0.39 is 11.7 Å². The molecule has 0 unspecified atom stereocenters. The van der Waals surface area contributed by atoms with Crippen LogP contribution < -0.4 is 5.32 Å². The number of rotatable bonds is 2. The summed E-state index contributed by atoms with van der Waals surface area (Å²) < 4.78 is 12.9. The Bertz CT molecular complexity index is 562. The molecule has 0 aliphatic carbocycles. The van der Waals surface area contributed by atoms with Gasteiger partial charge in [-0.15, -0.1) is 0 Å². The molecule has 0 spiro atoms. The zero-order valence-electron chi connectivity index (χ0n) is 8.52. The van der Waals surface area contributed by atoms with Crippen LogP contribution in [0, 0.1) is 5.82 Å². The molecular weight excluding hydrogens is 245 g/mol. The number of aromatic nitrogens is 2. The molecule has 1 aromatic carbocycles. The minimum Gasteiger partial charge on any atom is -0.306 e. The number of carbonyl (C=O) groups is 1. The fraction of sp³-hybridized carbons (Fsp3) is 0. The van der Waals surface area contributed by atoms with Crippen LogP contribution in [0.3, 0.4) is 0 Å². The van der Waals surface area contributed by atoms with Gasteiger partial charge in [0, 0.05) is 11.6 Å². The average Bonchev–Trinajstić information content (AvgIpc) is 2.29. The molecule has 6 heteroatoms. The molecule has 1 N–H and O–H groups in total. The highest BCUT2D eigenvalue weighted by molar-refractivity contribution is 6.29. The summed E-state index contributed by atoms with van der Waals surface area (Å²) in [7, 11) is 0. The van der Waals surface area contributed by atoms with Gasteiger partial charge in [0.25, 0.3) is 5.91 Å². The zero-order chi connectivity index (χ0) is 12.3. The third kappa shape index (κ3) is 2.98. The van der Waals surface area contributed by atoms with Gasteiger partial charge < -0.3 is 5.32 Å². The molecule has 1 aromatic heterocycles. The highest BCUT2D eigenvalue weighted by atomic mass is 35.5. The van der Waals surface area contributed by atoms with Crippen molar-refractivity contribution in [2.45, 2.75) is 0 Å². The quantitative estimate of drug-likeness (QED) is 0.835. The number of benzene rings is 1. The molecule has 0 saturated heterocycles. The Morgan fingerprint density at radius 2 is 2.12 bits per heavy atom. The zero-order valence-corrected chi connectivity index (χ0v) is 9.28. The van der Waals surface area contributed by atoms with E-state index in [-0.39, 0.29) is 16.5 Å². The minimum absolute atomic E-state index is 0.208. The topological polar surface area (TPSA) is 54.9 Å². The molecule has 0 atom stereocenters. The molecule has 0 bridgehead atoms. The van der Waals surface area contributed by atoms with Gasteiger partial charge in [0.05, 0.1) is 0 Å². The summed E-state index contributed by atoms with van der Waals surface area (Å²) in [5, 5.41) is 2.70. The first-order valence-corrected chi connectivity index (χ1v) is 5.07. The lowest BCUT2D eigenvalue weighted by molar-refractivity contribution is 0.102. The molecule has 0 saturated carbocycles. The summed E-state index contributed by atoms with van der Waals surface area (Å²) in [5.74, 6) is -0.670. The van der Waals surface area contributed by atoms with Crippen LogP contribution in [0.1, 0.15) is 10.4 Å². The molecule has 2 rings (SSSR count). The van der Waals surface area contributed by atoms with Crippen molar-refractivity contribution in [1.82, 2.24) is 9.97 Å². The second kappa shape index (κ2) is 4.88. The maximum atomic E-state index is 12.9. The van der Waals surface area contributed by atoms with E-state index in [0.717, 1.165) is 6.07 Å². The predicted octanol–water partition coefficient (Wildman–Crippen LogP) is 2.52. The van der Waals surface area contributed by atoms with E-state index in [1.165, 1.54) is 30.6 Å². The van der Waals surface area contributed by atoms with Crippen LogP contribution in [0.5, 0.6) is 0 Å². The van der Waals surface area contributed by atoms with Crippen molar-refractivity contribution in [2.24, 2.45) is 0 Å². The number of nitrogens with zero attached hydrogens (tertiary/aromatic N) is 2. The van der Waals surface area contributed by atoms with Crippen molar-refractivity contribution in [3.8, 4) is 0 Å². The Morgan fingerprint density at radius 1 is 1.29 bits per heavy atom. The lowest BCUT2D eigenvalue weighted by Crippen LogP contribution is -2.13. The molecule has 1 heterocycles. The number of nitrogens with one attached hydrogen (secondary N) is 1. The fourth-order valence-corrected chi connectivity index (χ4v) is 1.37. The Labute approximate surface area is 101 Å². The summed E-state index contributed by atoms with van der Waals surface area (Å²) >= 11 is 5.64. The molecule has 0 radical (unpaired) electrons. The normalized spacial score (nSPS) is 10.0. The van der Waals surface area contributed by atoms with Crippen LogP contribution in [0.4, 0.5) is 10.2 Å². The van der Waals surface area contributed by atoms with Crippen LogP contribution in [-0.4, -0.2) is 15.9 Å². The second-order valence-corrected chi connectivity index (χ2v) is 3.58. The minimum atomic E-state index is -0.474. The van der Waals surface area contributed by atoms with E-state index in [1.54, 1.807) is 0 Å². The lowest BCUT2D eigenvalue weighted by Gasteiger charge is -2.04. The molecule has 2 aromatic rings. The fourth-order valence-electron chi connectivity index (χ4n) is 1.22. The Hall–Kier alpha value is -2.01. The highest BCUT2D eigenvalue weighted by Crippen LogP contribution is 2.11. The Morgan fingerprint density at radius 3 is 2.82 bits per heavy atom. The van der Waals surface area contributed by atoms with Gasteiger partial charge in [-0.25, -0.2) is 14.4 Å². The first-order chi connectivity index (χ1) is 8.15. The second-order valence-electron chi connectivity index (χ2n) is 3.19. The maximum Gasteiger partial charge on any atom is 0.256 e. The van der Waals surface area contributed by atoms with Crippen LogP contribution in [0.25, 0.3) is 0 Å². The van der Waals surface area contributed by atoms with Crippen molar-refractivity contribution in [2.75, 3.05) is 5.32 Å². The van der Waals surface area contributed by atoms with Gasteiger partial charge >= 0.3 is 0 Å². The van der Waals surface area contributed by atoms with Gasteiger partial charge in [0.2, 0.25) is 0 Å². The van der Waals surface area contributed by atoms with E-state index in [9.17, 15) is 9.18 Å². The first kappa shape index (κ1) is 11.5. The maximum absolute atomic E-state index is 12.9. The third-order valence-corrected chi connectivity index (χ3v) is 2.17. The van der Waals surface area contributed by atoms with E-state index in [1.807, 2.05) is 0 Å². The van der Waals surface area contributed by atoms with Gasteiger partial charge in [-0.3, -0.25) is 4.79 Å². The summed E-state index contributed by atoms with van der Waals surface area (Å²) in [5.41, 5.74) is 0.208. The van der Waals surface area contributed by atoms with Crippen molar-refractivity contribution in [3.63, 3.8) is 0 Å². The smallest absolute Gasteiger partial charge is 0.256 e. The van der Waals surface area contributed by atoms with Gasteiger partial charge in [-0.1, -0.05) is 17.7 Å². The highest BCUT2D eigenvalue weighted by Gasteiger charge is 2.07. The van der Waals surface area contributed by atoms with E-state index >= 15 is 0 Å². The molecule has 1 amide bonds. The van der Waals surface area contributed by atoms with Crippen molar-refractivity contribution >= 4 is 23.3 Å². The Balaban J connectivity index is 2.17. The molecule has 0 aliphatic heterocycles. The van der Waals surface area contributed by atoms with Crippen LogP contribution in [0.15, 0.2) is 36.7 Å². The van der Waals surface area contributed by atoms with E-state index in [4.69, 9.17) is 11.6 Å². The molecule has 0 fully saturated rings. The molecule has 4 nitrogen and oxygen atoms in total. The van der Waals surface area contributed by atoms with Gasteiger partial charge in [-0.05, 0) is 18.2 Å². The monoisotopic (exact) mass is 251 g/mol. The number of halogens is 2. The lowest BCUT2D eigenvalue weighted by atomic mass is 10.2. The average molecular weight is 252 g/mol. The van der Waals surface area contributed by atoms with Gasteiger partial charge in [0.15, 0.2) is 0 Å². The summed E-state index contributed by atoms with van der Waals surface area (Å²) in [6.45, 7) is 0. The standard InChI is InChI=1S/C11H7ClFN3O/c12-9-5-10(15-6-14-9)16-11(17)7-2-1-3-8(13)4-7/h1-6H,(H,14,15,16,17). The van der Waals surface area contributed by atoms with Crippen molar-refractivity contribution in [1.29, 1.82) is 0 Å². The summed E-state index contributed by atoms with van der Waals surface area (Å²) in [6, 6.07) is 6.76. The van der Waals surface area contributed by atoms with Gasteiger partial charge in [-0.2, -0.15) is 0 Å². The molecule has 86 valence electrons. The molecule has 17 heavy (non-hydrogen) atoms. The Kier molecular flexibility index (Phi) is 3.30. The van der Waals surface area contributed by atoms with Crippen LogP contribution in [0.2, 0.25) is 5.15 Å². The van der Waals surface area contributed by atoms with Crippen molar-refractivity contribution < 1.29 is 9.18 Å². The van der Waals surface area contributed by atoms with E-state index in [0.29, 0.717) is 0 Å². The summed E-state index contributed by atoms with van der Waals surface area (Å²) in [4.78, 5) is 19.2. The predicted molar refractivity (Wildman–Crippen MR) is 61.4 cm³/mol. The first-order valence-electron chi connectivity index (χ1n) is 4.69. The number of hydrogen-bond donors (Lipinski definition) is 1. The van der Waals surface area contributed by atoms with Crippen molar-refractivity contribution in [3.05, 3.63) is 53.2 Å². The largest absolute Gasteiger partial charge is 0.306 e. The van der Waals surface area contributed by atoms with Crippen LogP contribution >= 0.6 is 11.6 Å².